The van der Waals surface area contributed by atoms with Gasteiger partial charge < -0.3 is 14.5 Å². The number of imidazole rings is 1. The van der Waals surface area contributed by atoms with E-state index in [0.717, 1.165) is 23.3 Å². The van der Waals surface area contributed by atoms with Crippen LogP contribution < -0.4 is 5.63 Å². The van der Waals surface area contributed by atoms with E-state index in [9.17, 15) is 9.90 Å². The number of benzene rings is 1. The molecule has 0 aliphatic rings. The van der Waals surface area contributed by atoms with Crippen molar-refractivity contribution in [1.29, 1.82) is 0 Å². The molecule has 0 saturated carbocycles. The summed E-state index contributed by atoms with van der Waals surface area (Å²) in [4.78, 5) is 23.8. The van der Waals surface area contributed by atoms with Gasteiger partial charge in [-0.25, -0.2) is 9.78 Å². The first-order valence-corrected chi connectivity index (χ1v) is 7.79. The standard InChI is InChI=1S/C18H19N3O3/c1-10(2)6-17-20-14-5-4-12(8-15(14)21-17)19-9-13-16(22)7-11(3)24-18(13)23/h4-5,7-10,22H,6H2,1-3H3,(H,20,21). The fourth-order valence-corrected chi connectivity index (χ4v) is 2.48. The highest BCUT2D eigenvalue weighted by Crippen LogP contribution is 2.21. The first-order chi connectivity index (χ1) is 11.4. The molecule has 2 N–H and O–H groups in total. The van der Waals surface area contributed by atoms with Crippen LogP contribution in [0.4, 0.5) is 5.69 Å². The van der Waals surface area contributed by atoms with Gasteiger partial charge in [-0.1, -0.05) is 13.8 Å². The molecule has 6 nitrogen and oxygen atoms in total. The van der Waals surface area contributed by atoms with Crippen LogP contribution >= 0.6 is 0 Å². The van der Waals surface area contributed by atoms with Crippen molar-refractivity contribution in [3.63, 3.8) is 0 Å². The predicted octanol–water partition coefficient (Wildman–Crippen LogP) is 3.48. The topological polar surface area (TPSA) is 91.5 Å². The molecule has 0 aliphatic carbocycles. The number of nitrogens with one attached hydrogen (secondary N) is 1. The monoisotopic (exact) mass is 325 g/mol. The summed E-state index contributed by atoms with van der Waals surface area (Å²) in [5.41, 5.74) is 1.84. The number of aromatic nitrogens is 2. The first-order valence-electron chi connectivity index (χ1n) is 7.79. The quantitative estimate of drug-likeness (QED) is 0.718. The number of aromatic amines is 1. The Labute approximate surface area is 138 Å². The summed E-state index contributed by atoms with van der Waals surface area (Å²) >= 11 is 0. The van der Waals surface area contributed by atoms with Crippen LogP contribution in [-0.2, 0) is 6.42 Å². The zero-order valence-electron chi connectivity index (χ0n) is 13.8. The van der Waals surface area contributed by atoms with Gasteiger partial charge in [0.15, 0.2) is 0 Å². The third-order valence-electron chi connectivity index (χ3n) is 3.55. The Bertz CT molecular complexity index is 967. The Morgan fingerprint density at radius 2 is 2.17 bits per heavy atom. The van der Waals surface area contributed by atoms with Crippen LogP contribution in [0.3, 0.4) is 0 Å². The summed E-state index contributed by atoms with van der Waals surface area (Å²) < 4.78 is 4.97. The van der Waals surface area contributed by atoms with Crippen LogP contribution in [0.2, 0.25) is 0 Å². The van der Waals surface area contributed by atoms with Crippen LogP contribution in [0.25, 0.3) is 11.0 Å². The lowest BCUT2D eigenvalue weighted by Crippen LogP contribution is -2.07. The Balaban J connectivity index is 1.91. The van der Waals surface area contributed by atoms with Crippen molar-refractivity contribution in [3.05, 3.63) is 51.8 Å². The Morgan fingerprint density at radius 3 is 2.88 bits per heavy atom. The van der Waals surface area contributed by atoms with Crippen molar-refractivity contribution in [1.82, 2.24) is 9.97 Å². The summed E-state index contributed by atoms with van der Waals surface area (Å²) in [5.74, 6) is 1.67. The molecular weight excluding hydrogens is 306 g/mol. The number of hydrogen-bond acceptors (Lipinski definition) is 5. The molecule has 2 aromatic heterocycles. The highest BCUT2D eigenvalue weighted by molar-refractivity contribution is 5.86. The number of aryl methyl sites for hydroxylation is 1. The van der Waals surface area contributed by atoms with E-state index in [2.05, 4.69) is 28.8 Å². The van der Waals surface area contributed by atoms with Crippen LogP contribution in [0.1, 0.15) is 31.0 Å². The molecule has 2 heterocycles. The first kappa shape index (κ1) is 16.0. The number of rotatable bonds is 4. The second kappa shape index (κ2) is 6.31. The van der Waals surface area contributed by atoms with Gasteiger partial charge in [-0.2, -0.15) is 0 Å². The van der Waals surface area contributed by atoms with Crippen molar-refractivity contribution < 1.29 is 9.52 Å². The van der Waals surface area contributed by atoms with Gasteiger partial charge in [0.25, 0.3) is 0 Å². The molecule has 0 radical (unpaired) electrons. The van der Waals surface area contributed by atoms with Crippen LogP contribution in [0.15, 0.2) is 38.5 Å². The van der Waals surface area contributed by atoms with E-state index < -0.39 is 5.63 Å². The Kier molecular flexibility index (Phi) is 4.20. The second-order valence-electron chi connectivity index (χ2n) is 6.18. The van der Waals surface area contributed by atoms with Crippen LogP contribution in [0, 0.1) is 12.8 Å². The smallest absolute Gasteiger partial charge is 0.348 e. The van der Waals surface area contributed by atoms with E-state index in [0.29, 0.717) is 17.4 Å². The number of hydrogen-bond donors (Lipinski definition) is 2. The van der Waals surface area contributed by atoms with Gasteiger partial charge in [0.1, 0.15) is 22.9 Å². The lowest BCUT2D eigenvalue weighted by atomic mass is 10.1. The lowest BCUT2D eigenvalue weighted by molar-refractivity contribution is 0.433. The zero-order valence-corrected chi connectivity index (χ0v) is 13.8. The minimum absolute atomic E-state index is 0.0332. The number of nitrogens with zero attached hydrogens (tertiary/aromatic N) is 2. The van der Waals surface area contributed by atoms with Gasteiger partial charge in [-0.3, -0.25) is 4.99 Å². The molecule has 0 unspecified atom stereocenters. The van der Waals surface area contributed by atoms with Crippen LogP contribution in [0.5, 0.6) is 5.75 Å². The number of fused-ring (bicyclic) bond motifs is 1. The van der Waals surface area contributed by atoms with E-state index in [4.69, 9.17) is 4.42 Å². The van der Waals surface area contributed by atoms with E-state index in [1.165, 1.54) is 12.3 Å². The molecule has 0 aliphatic heterocycles. The van der Waals surface area contributed by atoms with E-state index in [-0.39, 0.29) is 11.3 Å². The predicted molar refractivity (Wildman–Crippen MR) is 93.3 cm³/mol. The molecule has 24 heavy (non-hydrogen) atoms. The van der Waals surface area contributed by atoms with Gasteiger partial charge >= 0.3 is 5.63 Å². The van der Waals surface area contributed by atoms with E-state index >= 15 is 0 Å². The maximum Gasteiger partial charge on any atom is 0.348 e. The second-order valence-corrected chi connectivity index (χ2v) is 6.18. The summed E-state index contributed by atoms with van der Waals surface area (Å²) in [6.45, 7) is 5.88. The molecule has 3 rings (SSSR count). The lowest BCUT2D eigenvalue weighted by Gasteiger charge is -1.98. The molecule has 0 amide bonds. The van der Waals surface area contributed by atoms with Gasteiger partial charge in [0, 0.05) is 18.7 Å². The van der Waals surface area contributed by atoms with Gasteiger partial charge in [0.05, 0.1) is 16.7 Å². The third-order valence-corrected chi connectivity index (χ3v) is 3.55. The zero-order chi connectivity index (χ0) is 17.3. The fourth-order valence-electron chi connectivity index (χ4n) is 2.48. The maximum atomic E-state index is 11.8. The average Bonchev–Trinajstić information content (AvgIpc) is 2.86. The van der Waals surface area contributed by atoms with Crippen LogP contribution in [-0.4, -0.2) is 21.3 Å². The van der Waals surface area contributed by atoms with Gasteiger partial charge in [-0.05, 0) is 31.0 Å². The summed E-state index contributed by atoms with van der Waals surface area (Å²) in [6, 6.07) is 6.93. The SMILES string of the molecule is Cc1cc(O)c(C=Nc2ccc3nc(CC(C)C)[nH]c3c2)c(=O)o1. The highest BCUT2D eigenvalue weighted by atomic mass is 16.4. The summed E-state index contributed by atoms with van der Waals surface area (Å²) in [7, 11) is 0. The molecule has 0 saturated heterocycles. The average molecular weight is 325 g/mol. The fraction of sp³-hybridized carbons (Fsp3) is 0.278. The van der Waals surface area contributed by atoms with Gasteiger partial charge in [-0.15, -0.1) is 0 Å². The van der Waals surface area contributed by atoms with E-state index in [1.807, 2.05) is 18.2 Å². The van der Waals surface area contributed by atoms with Crippen molar-refractivity contribution >= 4 is 22.9 Å². The largest absolute Gasteiger partial charge is 0.507 e. The molecule has 6 heteroatoms. The highest BCUT2D eigenvalue weighted by Gasteiger charge is 2.08. The Morgan fingerprint density at radius 1 is 1.38 bits per heavy atom. The number of aromatic hydroxyl groups is 1. The molecule has 124 valence electrons. The molecule has 0 fully saturated rings. The number of aliphatic imine (C=N–C) groups is 1. The third kappa shape index (κ3) is 3.37. The molecule has 3 aromatic rings. The maximum absolute atomic E-state index is 11.8. The molecule has 0 spiro atoms. The molecule has 0 atom stereocenters. The Hall–Kier alpha value is -2.89. The van der Waals surface area contributed by atoms with Crippen molar-refractivity contribution in [2.75, 3.05) is 0 Å². The minimum atomic E-state index is -0.613. The van der Waals surface area contributed by atoms with Crippen molar-refractivity contribution in [2.24, 2.45) is 10.9 Å². The molecule has 0 bridgehead atoms. The molecular formula is C18H19N3O3. The number of H-pyrrole nitrogens is 1. The van der Waals surface area contributed by atoms with Crippen molar-refractivity contribution in [3.8, 4) is 5.75 Å². The minimum Gasteiger partial charge on any atom is -0.507 e. The van der Waals surface area contributed by atoms with Gasteiger partial charge in [0.2, 0.25) is 0 Å². The summed E-state index contributed by atoms with van der Waals surface area (Å²) in [6.07, 6.45) is 2.19. The normalized spacial score (nSPS) is 11.8. The van der Waals surface area contributed by atoms with E-state index in [1.54, 1.807) is 6.92 Å². The molecule has 1 aromatic carbocycles. The summed E-state index contributed by atoms with van der Waals surface area (Å²) in [5, 5.41) is 9.84. The van der Waals surface area contributed by atoms with Crippen molar-refractivity contribution in [2.45, 2.75) is 27.2 Å².